The summed E-state index contributed by atoms with van der Waals surface area (Å²) in [7, 11) is 0. The first-order valence-corrected chi connectivity index (χ1v) is 10.7. The largest absolute Gasteiger partial charge is 0.312 e. The molecule has 1 amide bonds. The van der Waals surface area contributed by atoms with E-state index in [1.807, 2.05) is 35.2 Å². The van der Waals surface area contributed by atoms with Gasteiger partial charge in [-0.05, 0) is 30.5 Å². The molecular formula is C22H23BrN4O. The van der Waals surface area contributed by atoms with E-state index in [2.05, 4.69) is 55.6 Å². The number of hydrazone groups is 1. The van der Waals surface area contributed by atoms with Crippen LogP contribution in [0.5, 0.6) is 0 Å². The van der Waals surface area contributed by atoms with Crippen LogP contribution in [-0.4, -0.2) is 33.9 Å². The lowest BCUT2D eigenvalue weighted by atomic mass is 9.80. The number of nitrogens with zero attached hydrogens (tertiary/aromatic N) is 3. The highest BCUT2D eigenvalue weighted by atomic mass is 79.9. The third-order valence-corrected chi connectivity index (χ3v) is 6.60. The second-order valence-electron chi connectivity index (χ2n) is 7.76. The Balaban J connectivity index is 1.50. The number of nitrogens with one attached hydrogen (secondary N) is 1. The SMILES string of the molecule is O=C1C2CCCCC2N2C(c3ccc(Br)cc3)=NNC2N1Cc1ccccc1. The van der Waals surface area contributed by atoms with Crippen molar-refractivity contribution in [1.82, 2.24) is 15.2 Å². The molecule has 0 spiro atoms. The van der Waals surface area contributed by atoms with E-state index in [0.717, 1.165) is 40.7 Å². The quantitative estimate of drug-likeness (QED) is 0.790. The fourth-order valence-electron chi connectivity index (χ4n) is 4.74. The van der Waals surface area contributed by atoms with Crippen LogP contribution >= 0.6 is 15.9 Å². The summed E-state index contributed by atoms with van der Waals surface area (Å²) in [4.78, 5) is 17.7. The first-order chi connectivity index (χ1) is 13.7. The van der Waals surface area contributed by atoms with Gasteiger partial charge >= 0.3 is 0 Å². The second kappa shape index (κ2) is 7.24. The number of halogens is 1. The number of benzene rings is 2. The number of amidine groups is 1. The van der Waals surface area contributed by atoms with Crippen LogP contribution in [0.4, 0.5) is 0 Å². The summed E-state index contributed by atoms with van der Waals surface area (Å²) < 4.78 is 1.05. The van der Waals surface area contributed by atoms with Gasteiger partial charge in [0.15, 0.2) is 12.1 Å². The van der Waals surface area contributed by atoms with Gasteiger partial charge in [0.2, 0.25) is 5.91 Å². The van der Waals surface area contributed by atoms with E-state index >= 15 is 0 Å². The minimum absolute atomic E-state index is 0.0502. The molecule has 5 rings (SSSR count). The molecule has 1 saturated carbocycles. The fourth-order valence-corrected chi connectivity index (χ4v) is 5.00. The molecule has 2 heterocycles. The summed E-state index contributed by atoms with van der Waals surface area (Å²) in [5.74, 6) is 1.25. The Kier molecular flexibility index (Phi) is 4.59. The van der Waals surface area contributed by atoms with Crippen molar-refractivity contribution in [2.24, 2.45) is 11.0 Å². The van der Waals surface area contributed by atoms with E-state index in [0.29, 0.717) is 6.54 Å². The molecule has 2 aromatic carbocycles. The summed E-state index contributed by atoms with van der Waals surface area (Å²) in [5, 5.41) is 4.68. The zero-order chi connectivity index (χ0) is 19.1. The molecule has 3 atom stereocenters. The topological polar surface area (TPSA) is 47.9 Å². The van der Waals surface area contributed by atoms with Crippen molar-refractivity contribution in [2.45, 2.75) is 44.6 Å². The van der Waals surface area contributed by atoms with Crippen LogP contribution in [-0.2, 0) is 11.3 Å². The summed E-state index contributed by atoms with van der Waals surface area (Å²) in [5.41, 5.74) is 5.49. The number of rotatable bonds is 3. The van der Waals surface area contributed by atoms with Crippen molar-refractivity contribution in [2.75, 3.05) is 0 Å². The molecule has 2 aliphatic heterocycles. The average Bonchev–Trinajstić information content (AvgIpc) is 3.17. The van der Waals surface area contributed by atoms with Crippen molar-refractivity contribution < 1.29 is 4.79 Å². The molecule has 28 heavy (non-hydrogen) atoms. The zero-order valence-corrected chi connectivity index (χ0v) is 17.2. The Morgan fingerprint density at radius 2 is 1.79 bits per heavy atom. The number of fused-ring (bicyclic) bond motifs is 3. The number of hydrogen-bond acceptors (Lipinski definition) is 4. The van der Waals surface area contributed by atoms with E-state index < -0.39 is 0 Å². The van der Waals surface area contributed by atoms with Crippen LogP contribution in [0.15, 0.2) is 64.2 Å². The fraction of sp³-hybridized carbons (Fsp3) is 0.364. The van der Waals surface area contributed by atoms with Gasteiger partial charge in [0.05, 0.1) is 5.92 Å². The van der Waals surface area contributed by atoms with Crippen molar-refractivity contribution >= 4 is 27.7 Å². The lowest BCUT2D eigenvalue weighted by Crippen LogP contribution is -2.67. The Labute approximate surface area is 173 Å². The number of amides is 1. The first kappa shape index (κ1) is 17.7. The highest BCUT2D eigenvalue weighted by molar-refractivity contribution is 9.10. The minimum Gasteiger partial charge on any atom is -0.312 e. The summed E-state index contributed by atoms with van der Waals surface area (Å²) in [6.07, 6.45) is 4.09. The molecule has 6 heteroatoms. The van der Waals surface area contributed by atoms with Crippen LogP contribution in [0.25, 0.3) is 0 Å². The Bertz CT molecular complexity index is 899. The highest BCUT2D eigenvalue weighted by Gasteiger charge is 2.50. The molecule has 3 unspecified atom stereocenters. The van der Waals surface area contributed by atoms with Gasteiger partial charge in [-0.15, -0.1) is 0 Å². The van der Waals surface area contributed by atoms with E-state index in [4.69, 9.17) is 0 Å². The summed E-state index contributed by atoms with van der Waals surface area (Å²) in [6, 6.07) is 18.7. The summed E-state index contributed by atoms with van der Waals surface area (Å²) >= 11 is 3.51. The lowest BCUT2D eigenvalue weighted by molar-refractivity contribution is -0.156. The number of hydrogen-bond donors (Lipinski definition) is 1. The van der Waals surface area contributed by atoms with Crippen molar-refractivity contribution in [3.63, 3.8) is 0 Å². The molecule has 1 N–H and O–H groups in total. The summed E-state index contributed by atoms with van der Waals surface area (Å²) in [6.45, 7) is 0.597. The maximum absolute atomic E-state index is 13.4. The average molecular weight is 439 g/mol. The predicted molar refractivity (Wildman–Crippen MR) is 112 cm³/mol. The molecule has 1 aliphatic carbocycles. The van der Waals surface area contributed by atoms with Crippen molar-refractivity contribution in [3.8, 4) is 0 Å². The predicted octanol–water partition coefficient (Wildman–Crippen LogP) is 3.90. The molecule has 0 radical (unpaired) electrons. The first-order valence-electron chi connectivity index (χ1n) is 9.94. The molecule has 0 bridgehead atoms. The van der Waals surface area contributed by atoms with Crippen molar-refractivity contribution in [1.29, 1.82) is 0 Å². The normalized spacial score (nSPS) is 26.4. The standard InChI is InChI=1S/C22H23BrN4O/c23-17-12-10-16(11-13-17)20-24-25-22-26(14-15-6-2-1-3-7-15)21(28)18-8-4-5-9-19(18)27(20)22/h1-3,6-7,10-13,18-19,22,25H,4-5,8-9,14H2. The van der Waals surface area contributed by atoms with Gasteiger partial charge in [0.1, 0.15) is 0 Å². The van der Waals surface area contributed by atoms with Gasteiger partial charge in [-0.25, -0.2) is 0 Å². The highest BCUT2D eigenvalue weighted by Crippen LogP contribution is 2.38. The maximum atomic E-state index is 13.4. The van der Waals surface area contributed by atoms with Gasteiger partial charge in [0.25, 0.3) is 0 Å². The van der Waals surface area contributed by atoms with Crippen LogP contribution in [0, 0.1) is 5.92 Å². The van der Waals surface area contributed by atoms with Crippen LogP contribution in [0.2, 0.25) is 0 Å². The molecular weight excluding hydrogens is 416 g/mol. The third-order valence-electron chi connectivity index (χ3n) is 6.07. The molecule has 0 aromatic heterocycles. The molecule has 2 aromatic rings. The van der Waals surface area contributed by atoms with Gasteiger partial charge < -0.3 is 4.90 Å². The van der Waals surface area contributed by atoms with E-state index in [-0.39, 0.29) is 24.2 Å². The third kappa shape index (κ3) is 3.00. The number of carbonyl (C=O) groups is 1. The van der Waals surface area contributed by atoms with E-state index in [1.165, 1.54) is 6.42 Å². The van der Waals surface area contributed by atoms with E-state index in [1.54, 1.807) is 0 Å². The minimum atomic E-state index is -0.217. The lowest BCUT2D eigenvalue weighted by Gasteiger charge is -2.50. The van der Waals surface area contributed by atoms with Gasteiger partial charge in [0, 0.05) is 22.6 Å². The monoisotopic (exact) mass is 438 g/mol. The zero-order valence-electron chi connectivity index (χ0n) is 15.6. The van der Waals surface area contributed by atoms with Crippen LogP contribution in [0.3, 0.4) is 0 Å². The van der Waals surface area contributed by atoms with Gasteiger partial charge in [-0.3, -0.25) is 15.1 Å². The number of carbonyl (C=O) groups excluding carboxylic acids is 1. The van der Waals surface area contributed by atoms with E-state index in [9.17, 15) is 4.79 Å². The van der Waals surface area contributed by atoms with Gasteiger partial charge in [-0.1, -0.05) is 71.2 Å². The smallest absolute Gasteiger partial charge is 0.231 e. The second-order valence-corrected chi connectivity index (χ2v) is 8.68. The van der Waals surface area contributed by atoms with Crippen LogP contribution in [0.1, 0.15) is 36.8 Å². The molecule has 144 valence electrons. The molecule has 2 fully saturated rings. The van der Waals surface area contributed by atoms with Crippen LogP contribution < -0.4 is 5.43 Å². The maximum Gasteiger partial charge on any atom is 0.231 e. The molecule has 5 nitrogen and oxygen atoms in total. The molecule has 3 aliphatic rings. The Morgan fingerprint density at radius 1 is 1.04 bits per heavy atom. The Morgan fingerprint density at radius 3 is 2.57 bits per heavy atom. The molecule has 1 saturated heterocycles. The van der Waals surface area contributed by atoms with Gasteiger partial charge in [-0.2, -0.15) is 5.10 Å². The Hall–Kier alpha value is -2.34. The van der Waals surface area contributed by atoms with Crippen molar-refractivity contribution in [3.05, 3.63) is 70.2 Å².